The highest BCUT2D eigenvalue weighted by atomic mass is 32.2. The van der Waals surface area contributed by atoms with Crippen molar-refractivity contribution in [2.24, 2.45) is 0 Å². The second-order valence-electron chi connectivity index (χ2n) is 6.54. The van der Waals surface area contributed by atoms with E-state index in [0.29, 0.717) is 31.7 Å². The number of anilines is 1. The number of benzene rings is 2. The minimum Gasteiger partial charge on any atom is -0.495 e. The summed E-state index contributed by atoms with van der Waals surface area (Å²) in [5.41, 5.74) is 1.53. The van der Waals surface area contributed by atoms with Gasteiger partial charge in [0.15, 0.2) is 6.61 Å². The number of carbonyl (C=O) groups is 2. The summed E-state index contributed by atoms with van der Waals surface area (Å²) in [4.78, 5) is 29.7. The van der Waals surface area contributed by atoms with Gasteiger partial charge in [0.05, 0.1) is 18.4 Å². The van der Waals surface area contributed by atoms with Gasteiger partial charge in [0.25, 0.3) is 5.91 Å². The molecule has 1 aliphatic heterocycles. The summed E-state index contributed by atoms with van der Waals surface area (Å²) in [7, 11) is 1.66. The number of thioether (sulfide) groups is 1. The van der Waals surface area contributed by atoms with Crippen molar-refractivity contribution in [1.29, 1.82) is 0 Å². The van der Waals surface area contributed by atoms with Crippen LogP contribution in [0.25, 0.3) is 0 Å². The van der Waals surface area contributed by atoms with Gasteiger partial charge in [0.1, 0.15) is 5.75 Å². The van der Waals surface area contributed by atoms with E-state index in [1.165, 1.54) is 0 Å². The minimum atomic E-state index is -0.456. The highest BCUT2D eigenvalue weighted by Crippen LogP contribution is 2.28. The maximum atomic E-state index is 12.5. The number of ether oxygens (including phenoxy) is 2. The van der Waals surface area contributed by atoms with Crippen molar-refractivity contribution in [1.82, 2.24) is 4.90 Å². The first-order valence-electron chi connectivity index (χ1n) is 9.68. The molecule has 0 radical (unpaired) electrons. The lowest BCUT2D eigenvalue weighted by atomic mass is 10.2. The number of esters is 1. The zero-order valence-corrected chi connectivity index (χ0v) is 17.6. The molecule has 2 aromatic carbocycles. The highest BCUT2D eigenvalue weighted by Gasteiger charge is 2.24. The average molecular weight is 415 g/mol. The fraction of sp³-hybridized carbons (Fsp3) is 0.364. The second kappa shape index (κ2) is 10.2. The molecule has 1 aliphatic rings. The third-order valence-corrected chi connectivity index (χ3v) is 5.75. The van der Waals surface area contributed by atoms with E-state index >= 15 is 0 Å². The Morgan fingerprint density at radius 3 is 2.41 bits per heavy atom. The van der Waals surface area contributed by atoms with Gasteiger partial charge in [-0.2, -0.15) is 0 Å². The van der Waals surface area contributed by atoms with Gasteiger partial charge >= 0.3 is 5.97 Å². The molecule has 29 heavy (non-hydrogen) atoms. The van der Waals surface area contributed by atoms with Gasteiger partial charge in [-0.3, -0.25) is 4.79 Å². The highest BCUT2D eigenvalue weighted by molar-refractivity contribution is 7.99. The molecular weight excluding hydrogens is 388 g/mol. The molecular formula is C22H26N2O4S. The van der Waals surface area contributed by atoms with E-state index in [-0.39, 0.29) is 12.5 Å². The molecule has 7 heteroatoms. The largest absolute Gasteiger partial charge is 0.495 e. The third kappa shape index (κ3) is 5.23. The first-order valence-corrected chi connectivity index (χ1v) is 10.7. The lowest BCUT2D eigenvalue weighted by Crippen LogP contribution is -2.50. The smallest absolute Gasteiger partial charge is 0.339 e. The van der Waals surface area contributed by atoms with Crippen LogP contribution in [-0.2, 0) is 9.53 Å². The van der Waals surface area contributed by atoms with Crippen LogP contribution in [0.2, 0.25) is 0 Å². The van der Waals surface area contributed by atoms with E-state index in [1.54, 1.807) is 35.9 Å². The Labute approximate surface area is 175 Å². The zero-order chi connectivity index (χ0) is 20.6. The van der Waals surface area contributed by atoms with Gasteiger partial charge in [0.2, 0.25) is 0 Å². The van der Waals surface area contributed by atoms with Crippen molar-refractivity contribution in [3.8, 4) is 5.75 Å². The summed E-state index contributed by atoms with van der Waals surface area (Å²) in [6.07, 6.45) is 0. The lowest BCUT2D eigenvalue weighted by Gasteiger charge is -2.36. The molecule has 2 aromatic rings. The van der Waals surface area contributed by atoms with Gasteiger partial charge in [-0.1, -0.05) is 31.2 Å². The standard InChI is InChI=1S/C22H26N2O4S/c1-3-29-20-11-7-4-8-17(20)22(26)28-16-21(25)24-14-12-23(13-15-24)18-9-5-6-10-19(18)27-2/h4-11H,3,12-16H2,1-2H3. The number of hydrogen-bond donors (Lipinski definition) is 0. The van der Waals surface area contributed by atoms with Gasteiger partial charge in [-0.25, -0.2) is 4.79 Å². The summed E-state index contributed by atoms with van der Waals surface area (Å²) < 4.78 is 10.7. The van der Waals surface area contributed by atoms with Crippen molar-refractivity contribution in [2.75, 3.05) is 50.5 Å². The predicted molar refractivity (Wildman–Crippen MR) is 115 cm³/mol. The number of para-hydroxylation sites is 2. The fourth-order valence-electron chi connectivity index (χ4n) is 3.30. The quantitative estimate of drug-likeness (QED) is 0.512. The molecule has 0 unspecified atom stereocenters. The molecule has 1 amide bonds. The summed E-state index contributed by atoms with van der Waals surface area (Å²) in [6.45, 7) is 4.36. The van der Waals surface area contributed by atoms with Crippen LogP contribution in [0.3, 0.4) is 0 Å². The van der Waals surface area contributed by atoms with Crippen LogP contribution in [0.1, 0.15) is 17.3 Å². The van der Waals surface area contributed by atoms with Crippen molar-refractivity contribution in [2.45, 2.75) is 11.8 Å². The van der Waals surface area contributed by atoms with E-state index in [9.17, 15) is 9.59 Å². The number of piperazine rings is 1. The lowest BCUT2D eigenvalue weighted by molar-refractivity contribution is -0.134. The number of rotatable bonds is 7. The Bertz CT molecular complexity index is 850. The molecule has 0 aromatic heterocycles. The third-order valence-electron chi connectivity index (χ3n) is 4.79. The van der Waals surface area contributed by atoms with Crippen molar-refractivity contribution < 1.29 is 19.1 Å². The SMILES string of the molecule is CCSc1ccccc1C(=O)OCC(=O)N1CCN(c2ccccc2OC)CC1. The Kier molecular flexibility index (Phi) is 7.41. The molecule has 1 saturated heterocycles. The first kappa shape index (κ1) is 21.0. The van der Waals surface area contributed by atoms with Gasteiger partial charge in [0, 0.05) is 31.1 Å². The molecule has 3 rings (SSSR count). The number of nitrogens with zero attached hydrogens (tertiary/aromatic N) is 2. The van der Waals surface area contributed by atoms with E-state index in [1.807, 2.05) is 43.3 Å². The van der Waals surface area contributed by atoms with Crippen LogP contribution < -0.4 is 9.64 Å². The first-order chi connectivity index (χ1) is 14.1. The monoisotopic (exact) mass is 414 g/mol. The maximum absolute atomic E-state index is 12.5. The van der Waals surface area contributed by atoms with Crippen LogP contribution in [0, 0.1) is 0 Å². The molecule has 1 heterocycles. The van der Waals surface area contributed by atoms with Crippen LogP contribution in [0.5, 0.6) is 5.75 Å². The molecule has 0 spiro atoms. The number of hydrogen-bond acceptors (Lipinski definition) is 6. The maximum Gasteiger partial charge on any atom is 0.339 e. The molecule has 6 nitrogen and oxygen atoms in total. The van der Waals surface area contributed by atoms with Crippen LogP contribution in [0.4, 0.5) is 5.69 Å². The van der Waals surface area contributed by atoms with E-state index in [0.717, 1.165) is 22.1 Å². The molecule has 0 N–H and O–H groups in total. The number of amides is 1. The Balaban J connectivity index is 1.52. The topological polar surface area (TPSA) is 59.1 Å². The van der Waals surface area contributed by atoms with Crippen LogP contribution in [0.15, 0.2) is 53.4 Å². The summed E-state index contributed by atoms with van der Waals surface area (Å²) >= 11 is 1.58. The minimum absolute atomic E-state index is 0.168. The molecule has 1 fully saturated rings. The Hall–Kier alpha value is -2.67. The summed E-state index contributed by atoms with van der Waals surface area (Å²) in [5.74, 6) is 1.06. The molecule has 0 aliphatic carbocycles. The van der Waals surface area contributed by atoms with Crippen molar-refractivity contribution in [3.63, 3.8) is 0 Å². The van der Waals surface area contributed by atoms with Gasteiger partial charge < -0.3 is 19.3 Å². The molecule has 0 saturated carbocycles. The van der Waals surface area contributed by atoms with Gasteiger partial charge in [-0.05, 0) is 30.0 Å². The Morgan fingerprint density at radius 1 is 1.00 bits per heavy atom. The zero-order valence-electron chi connectivity index (χ0n) is 16.8. The number of carbonyl (C=O) groups excluding carboxylic acids is 2. The van der Waals surface area contributed by atoms with E-state index in [2.05, 4.69) is 4.90 Å². The normalized spacial score (nSPS) is 13.9. The van der Waals surface area contributed by atoms with Gasteiger partial charge in [-0.15, -0.1) is 11.8 Å². The average Bonchev–Trinajstić information content (AvgIpc) is 2.78. The van der Waals surface area contributed by atoms with Crippen molar-refractivity contribution in [3.05, 3.63) is 54.1 Å². The Morgan fingerprint density at radius 2 is 1.69 bits per heavy atom. The molecule has 0 bridgehead atoms. The summed E-state index contributed by atoms with van der Waals surface area (Å²) in [6, 6.07) is 15.2. The number of methoxy groups -OCH3 is 1. The fourth-order valence-corrected chi connectivity index (χ4v) is 4.09. The second-order valence-corrected chi connectivity index (χ2v) is 7.85. The predicted octanol–water partition coefficient (Wildman–Crippen LogP) is 3.31. The van der Waals surface area contributed by atoms with Crippen LogP contribution >= 0.6 is 11.8 Å². The molecule has 0 atom stereocenters. The van der Waals surface area contributed by atoms with Crippen molar-refractivity contribution >= 4 is 29.3 Å². The van der Waals surface area contributed by atoms with E-state index in [4.69, 9.17) is 9.47 Å². The summed E-state index contributed by atoms with van der Waals surface area (Å²) in [5, 5.41) is 0. The van der Waals surface area contributed by atoms with Crippen LogP contribution in [-0.4, -0.2) is 62.4 Å². The van der Waals surface area contributed by atoms with E-state index < -0.39 is 5.97 Å². The molecule has 154 valence electrons.